The van der Waals surface area contributed by atoms with Gasteiger partial charge in [0.25, 0.3) is 0 Å². The Morgan fingerprint density at radius 3 is 2.48 bits per heavy atom. The molecule has 0 radical (unpaired) electrons. The second kappa shape index (κ2) is 8.14. The Hall–Kier alpha value is -1.84. The molecule has 4 nitrogen and oxygen atoms in total. The van der Waals surface area contributed by atoms with Gasteiger partial charge in [0.15, 0.2) is 0 Å². The van der Waals surface area contributed by atoms with Crippen molar-refractivity contribution in [1.29, 1.82) is 0 Å². The molecule has 1 heterocycles. The second-order valence-corrected chi connectivity index (χ2v) is 6.90. The summed E-state index contributed by atoms with van der Waals surface area (Å²) in [6.07, 6.45) is 2.14. The van der Waals surface area contributed by atoms with Crippen LogP contribution in [0.5, 0.6) is 0 Å². The third-order valence-electron chi connectivity index (χ3n) is 4.52. The fourth-order valence-corrected chi connectivity index (χ4v) is 3.00. The van der Waals surface area contributed by atoms with Crippen LogP contribution in [0.4, 0.5) is 0 Å². The van der Waals surface area contributed by atoms with E-state index in [0.717, 1.165) is 18.4 Å². The number of rotatable bonds is 5. The van der Waals surface area contributed by atoms with Gasteiger partial charge >= 0.3 is 0 Å². The minimum absolute atomic E-state index is 0.0297. The molecule has 126 valence electrons. The Bertz CT molecular complexity index is 546. The smallest absolute Gasteiger partial charge is 0.223 e. The third-order valence-corrected chi connectivity index (χ3v) is 4.52. The van der Waals surface area contributed by atoms with Crippen LogP contribution in [0.2, 0.25) is 0 Å². The van der Waals surface area contributed by atoms with Gasteiger partial charge in [-0.1, -0.05) is 38.1 Å². The molecule has 0 bridgehead atoms. The molecule has 4 heteroatoms. The number of hydrogen-bond acceptors (Lipinski definition) is 2. The van der Waals surface area contributed by atoms with Gasteiger partial charge in [-0.3, -0.25) is 9.59 Å². The highest BCUT2D eigenvalue weighted by Gasteiger charge is 2.27. The zero-order valence-electron chi connectivity index (χ0n) is 14.5. The molecule has 0 aliphatic carbocycles. The maximum absolute atomic E-state index is 12.3. The summed E-state index contributed by atoms with van der Waals surface area (Å²) in [6.45, 7) is 8.16. The Morgan fingerprint density at radius 1 is 1.22 bits per heavy atom. The zero-order valence-corrected chi connectivity index (χ0v) is 14.5. The monoisotopic (exact) mass is 316 g/mol. The largest absolute Gasteiger partial charge is 0.352 e. The Kier molecular flexibility index (Phi) is 6.20. The van der Waals surface area contributed by atoms with Gasteiger partial charge in [-0.15, -0.1) is 0 Å². The lowest BCUT2D eigenvalue weighted by molar-refractivity contribution is -0.136. The maximum atomic E-state index is 12.3. The average molecular weight is 316 g/mol. The summed E-state index contributed by atoms with van der Waals surface area (Å²) in [5.41, 5.74) is 2.35. The molecule has 1 fully saturated rings. The molecule has 0 saturated carbocycles. The first-order valence-electron chi connectivity index (χ1n) is 8.57. The van der Waals surface area contributed by atoms with Gasteiger partial charge in [-0.25, -0.2) is 0 Å². The number of benzene rings is 1. The van der Waals surface area contributed by atoms with E-state index < -0.39 is 0 Å². The molecular formula is C19H28N2O2. The first kappa shape index (κ1) is 17.5. The van der Waals surface area contributed by atoms with Gasteiger partial charge in [0, 0.05) is 32.0 Å². The quantitative estimate of drug-likeness (QED) is 0.908. The summed E-state index contributed by atoms with van der Waals surface area (Å²) in [6, 6.07) is 8.10. The van der Waals surface area contributed by atoms with E-state index in [0.29, 0.717) is 32.0 Å². The Morgan fingerprint density at radius 2 is 1.87 bits per heavy atom. The Labute approximate surface area is 139 Å². The maximum Gasteiger partial charge on any atom is 0.223 e. The molecule has 1 aromatic rings. The Balaban J connectivity index is 1.77. The molecule has 23 heavy (non-hydrogen) atoms. The number of carbonyl (C=O) groups is 2. The zero-order chi connectivity index (χ0) is 16.8. The van der Waals surface area contributed by atoms with Crippen molar-refractivity contribution in [2.45, 2.75) is 46.6 Å². The minimum atomic E-state index is 0.0297. The molecule has 0 unspecified atom stereocenters. The topological polar surface area (TPSA) is 49.4 Å². The number of hydrogen-bond donors (Lipinski definition) is 1. The third kappa shape index (κ3) is 5.08. The fourth-order valence-electron chi connectivity index (χ4n) is 3.00. The molecule has 1 aliphatic rings. The van der Waals surface area contributed by atoms with Crippen LogP contribution in [0.1, 0.15) is 44.2 Å². The number of aryl methyl sites for hydroxylation is 1. The fraction of sp³-hybridized carbons (Fsp3) is 0.579. The molecule has 0 atom stereocenters. The van der Waals surface area contributed by atoms with E-state index in [1.54, 1.807) is 0 Å². The summed E-state index contributed by atoms with van der Waals surface area (Å²) in [7, 11) is 0. The van der Waals surface area contributed by atoms with E-state index in [2.05, 4.69) is 32.2 Å². The molecule has 0 spiro atoms. The molecule has 1 N–H and O–H groups in total. The molecule has 1 aromatic carbocycles. The van der Waals surface area contributed by atoms with E-state index in [4.69, 9.17) is 0 Å². The van der Waals surface area contributed by atoms with Crippen LogP contribution < -0.4 is 5.32 Å². The predicted molar refractivity (Wildman–Crippen MR) is 91.8 cm³/mol. The molecule has 1 aliphatic heterocycles. The van der Waals surface area contributed by atoms with Crippen LogP contribution in [-0.2, 0) is 16.1 Å². The summed E-state index contributed by atoms with van der Waals surface area (Å²) in [5.74, 6) is 0.753. The van der Waals surface area contributed by atoms with E-state index in [1.165, 1.54) is 5.56 Å². The van der Waals surface area contributed by atoms with Crippen molar-refractivity contribution in [3.63, 3.8) is 0 Å². The van der Waals surface area contributed by atoms with Crippen molar-refractivity contribution in [2.24, 2.45) is 11.8 Å². The van der Waals surface area contributed by atoms with Gasteiger partial charge < -0.3 is 10.2 Å². The van der Waals surface area contributed by atoms with Gasteiger partial charge in [-0.05, 0) is 36.8 Å². The van der Waals surface area contributed by atoms with Gasteiger partial charge in [0.2, 0.25) is 11.8 Å². The van der Waals surface area contributed by atoms with Gasteiger partial charge in [0.1, 0.15) is 0 Å². The lowest BCUT2D eigenvalue weighted by Crippen LogP contribution is -2.43. The van der Waals surface area contributed by atoms with Crippen LogP contribution in [0.25, 0.3) is 0 Å². The predicted octanol–water partition coefficient (Wildman–Crippen LogP) is 2.90. The van der Waals surface area contributed by atoms with Gasteiger partial charge in [-0.2, -0.15) is 0 Å². The highest BCUT2D eigenvalue weighted by atomic mass is 16.2. The highest BCUT2D eigenvalue weighted by Crippen LogP contribution is 2.19. The van der Waals surface area contributed by atoms with Crippen LogP contribution in [0, 0.1) is 18.8 Å². The van der Waals surface area contributed by atoms with Crippen molar-refractivity contribution >= 4 is 11.8 Å². The van der Waals surface area contributed by atoms with E-state index in [9.17, 15) is 9.59 Å². The first-order chi connectivity index (χ1) is 11.0. The number of likely N-dealkylation sites (tertiary alicyclic amines) is 1. The van der Waals surface area contributed by atoms with E-state index in [-0.39, 0.29) is 17.7 Å². The SMILES string of the molecule is Cc1ccccc1CNC(=O)C1CCN(C(=O)CC(C)C)CC1. The summed E-state index contributed by atoms with van der Waals surface area (Å²) in [4.78, 5) is 26.3. The summed E-state index contributed by atoms with van der Waals surface area (Å²) < 4.78 is 0. The summed E-state index contributed by atoms with van der Waals surface area (Å²) >= 11 is 0. The number of amides is 2. The molecule has 2 amide bonds. The number of nitrogens with one attached hydrogen (secondary N) is 1. The van der Waals surface area contributed by atoms with Crippen molar-refractivity contribution in [2.75, 3.05) is 13.1 Å². The number of carbonyl (C=O) groups excluding carboxylic acids is 2. The van der Waals surface area contributed by atoms with Crippen molar-refractivity contribution in [3.05, 3.63) is 35.4 Å². The lowest BCUT2D eigenvalue weighted by Gasteiger charge is -2.32. The van der Waals surface area contributed by atoms with Crippen LogP contribution in [0.3, 0.4) is 0 Å². The number of piperidine rings is 1. The minimum Gasteiger partial charge on any atom is -0.352 e. The van der Waals surface area contributed by atoms with Crippen molar-refractivity contribution < 1.29 is 9.59 Å². The van der Waals surface area contributed by atoms with Crippen LogP contribution in [-0.4, -0.2) is 29.8 Å². The van der Waals surface area contributed by atoms with Crippen molar-refractivity contribution in [1.82, 2.24) is 10.2 Å². The molecule has 1 saturated heterocycles. The first-order valence-corrected chi connectivity index (χ1v) is 8.57. The van der Waals surface area contributed by atoms with Crippen molar-refractivity contribution in [3.8, 4) is 0 Å². The normalized spacial score (nSPS) is 15.7. The van der Waals surface area contributed by atoms with Gasteiger partial charge in [0.05, 0.1) is 0 Å². The number of nitrogens with zero attached hydrogens (tertiary/aromatic N) is 1. The van der Waals surface area contributed by atoms with Crippen LogP contribution >= 0.6 is 0 Å². The van der Waals surface area contributed by atoms with Crippen LogP contribution in [0.15, 0.2) is 24.3 Å². The standard InChI is InChI=1S/C19H28N2O2/c1-14(2)12-18(22)21-10-8-16(9-11-21)19(23)20-13-17-7-5-4-6-15(17)3/h4-7,14,16H,8-13H2,1-3H3,(H,20,23). The average Bonchev–Trinajstić information content (AvgIpc) is 2.53. The molecule has 0 aromatic heterocycles. The lowest BCUT2D eigenvalue weighted by atomic mass is 9.95. The summed E-state index contributed by atoms with van der Waals surface area (Å²) in [5, 5.41) is 3.04. The highest BCUT2D eigenvalue weighted by molar-refractivity contribution is 5.80. The molecule has 2 rings (SSSR count). The second-order valence-electron chi connectivity index (χ2n) is 6.90. The van der Waals surface area contributed by atoms with E-state index in [1.807, 2.05) is 23.1 Å². The van der Waals surface area contributed by atoms with E-state index >= 15 is 0 Å². The molecular weight excluding hydrogens is 288 g/mol.